The lowest BCUT2D eigenvalue weighted by Crippen LogP contribution is -2.24. The molecule has 0 unspecified atom stereocenters. The average molecular weight is 486 g/mol. The molecule has 36 heavy (non-hydrogen) atoms. The first kappa shape index (κ1) is 25.5. The molecule has 4 rings (SSSR count). The van der Waals surface area contributed by atoms with E-state index < -0.39 is 11.7 Å². The maximum absolute atomic E-state index is 13.0. The molecule has 5 nitrogen and oxygen atoms in total. The van der Waals surface area contributed by atoms with Crippen LogP contribution in [-0.4, -0.2) is 24.3 Å². The maximum atomic E-state index is 13.0. The van der Waals surface area contributed by atoms with Gasteiger partial charge in [0.25, 0.3) is 0 Å². The fraction of sp³-hybridized carbons (Fsp3) is 0.355. The molecule has 1 amide bonds. The predicted molar refractivity (Wildman–Crippen MR) is 143 cm³/mol. The summed E-state index contributed by atoms with van der Waals surface area (Å²) in [7, 11) is 0. The number of anilines is 1. The lowest BCUT2D eigenvalue weighted by atomic mass is 9.95. The molecule has 5 heteroatoms. The van der Waals surface area contributed by atoms with Crippen LogP contribution in [0.4, 0.5) is 10.5 Å². The number of carbonyl (C=O) groups excluding carboxylic acids is 2. The summed E-state index contributed by atoms with van der Waals surface area (Å²) in [5.74, 6) is -0.0740. The number of hydrogen-bond acceptors (Lipinski definition) is 4. The highest BCUT2D eigenvalue weighted by Gasteiger charge is 2.29. The Morgan fingerprint density at radius 2 is 1.50 bits per heavy atom. The van der Waals surface area contributed by atoms with Gasteiger partial charge < -0.3 is 9.47 Å². The Morgan fingerprint density at radius 3 is 2.08 bits per heavy atom. The van der Waals surface area contributed by atoms with Crippen molar-refractivity contribution in [1.29, 1.82) is 0 Å². The molecule has 0 aliphatic heterocycles. The summed E-state index contributed by atoms with van der Waals surface area (Å²) >= 11 is 0. The van der Waals surface area contributed by atoms with Gasteiger partial charge >= 0.3 is 12.1 Å². The topological polar surface area (TPSA) is 64.6 Å². The van der Waals surface area contributed by atoms with Crippen molar-refractivity contribution < 1.29 is 19.1 Å². The summed E-state index contributed by atoms with van der Waals surface area (Å²) in [6.07, 6.45) is 0.204. The Kier molecular flexibility index (Phi) is 7.48. The molecule has 1 aliphatic carbocycles. The molecule has 0 spiro atoms. The SMILES string of the molecule is CC(C)c1cccc(CCC(=O)OC(C)(C)C)c1NC(=O)OCC1c2ccccc2-c2ccccc21. The van der Waals surface area contributed by atoms with Crippen molar-refractivity contribution in [3.63, 3.8) is 0 Å². The van der Waals surface area contributed by atoms with Crippen LogP contribution in [0.3, 0.4) is 0 Å². The van der Waals surface area contributed by atoms with E-state index in [1.54, 1.807) is 0 Å². The summed E-state index contributed by atoms with van der Waals surface area (Å²) in [6, 6.07) is 22.4. The first-order valence-electron chi connectivity index (χ1n) is 12.6. The predicted octanol–water partition coefficient (Wildman–Crippen LogP) is 7.45. The molecule has 0 atom stereocenters. The van der Waals surface area contributed by atoms with Crippen LogP contribution in [0.15, 0.2) is 66.7 Å². The summed E-state index contributed by atoms with van der Waals surface area (Å²) in [5.41, 5.74) is 6.81. The van der Waals surface area contributed by atoms with E-state index in [2.05, 4.69) is 43.4 Å². The van der Waals surface area contributed by atoms with Crippen LogP contribution in [0.1, 0.15) is 75.1 Å². The van der Waals surface area contributed by atoms with Gasteiger partial charge in [-0.3, -0.25) is 10.1 Å². The van der Waals surface area contributed by atoms with E-state index in [-0.39, 0.29) is 30.8 Å². The van der Waals surface area contributed by atoms with Crippen LogP contribution in [0.25, 0.3) is 11.1 Å². The fourth-order valence-electron chi connectivity index (χ4n) is 4.83. The molecule has 0 bridgehead atoms. The molecule has 1 N–H and O–H groups in total. The molecule has 3 aromatic carbocycles. The first-order valence-corrected chi connectivity index (χ1v) is 12.6. The van der Waals surface area contributed by atoms with E-state index >= 15 is 0 Å². The molecule has 0 fully saturated rings. The monoisotopic (exact) mass is 485 g/mol. The number of carbonyl (C=O) groups is 2. The number of hydrogen-bond donors (Lipinski definition) is 1. The van der Waals surface area contributed by atoms with Crippen LogP contribution in [0, 0.1) is 0 Å². The summed E-state index contributed by atoms with van der Waals surface area (Å²) < 4.78 is 11.2. The third kappa shape index (κ3) is 5.78. The summed E-state index contributed by atoms with van der Waals surface area (Å²) in [5, 5.41) is 2.99. The first-order chi connectivity index (χ1) is 17.1. The highest BCUT2D eigenvalue weighted by molar-refractivity contribution is 5.87. The number of nitrogens with one attached hydrogen (secondary N) is 1. The van der Waals surface area contributed by atoms with Crippen molar-refractivity contribution in [2.24, 2.45) is 0 Å². The van der Waals surface area contributed by atoms with E-state index in [0.29, 0.717) is 12.1 Å². The highest BCUT2D eigenvalue weighted by Crippen LogP contribution is 2.44. The minimum absolute atomic E-state index is 0.00451. The quantitative estimate of drug-likeness (QED) is 0.353. The van der Waals surface area contributed by atoms with Gasteiger partial charge in [-0.05, 0) is 66.5 Å². The standard InChI is InChI=1S/C31H35NO4/c1-20(2)22-16-10-11-21(17-18-28(33)36-31(3,4)5)29(22)32-30(34)35-19-27-25-14-8-6-12-23(25)24-13-7-9-15-26(24)27/h6-16,20,27H,17-19H2,1-5H3,(H,32,34). The molecular formula is C31H35NO4. The highest BCUT2D eigenvalue weighted by atomic mass is 16.6. The molecule has 0 aromatic heterocycles. The zero-order valence-corrected chi connectivity index (χ0v) is 21.8. The fourth-order valence-corrected chi connectivity index (χ4v) is 4.83. The number of ether oxygens (including phenoxy) is 2. The third-order valence-electron chi connectivity index (χ3n) is 6.39. The Morgan fingerprint density at radius 1 is 0.889 bits per heavy atom. The molecule has 0 saturated carbocycles. The second-order valence-electron chi connectivity index (χ2n) is 10.6. The smallest absolute Gasteiger partial charge is 0.411 e. The lowest BCUT2D eigenvalue weighted by molar-refractivity contribution is -0.154. The molecule has 0 radical (unpaired) electrons. The molecule has 0 heterocycles. The van der Waals surface area contributed by atoms with Gasteiger partial charge in [-0.25, -0.2) is 4.79 Å². The van der Waals surface area contributed by atoms with Crippen molar-refractivity contribution in [2.75, 3.05) is 11.9 Å². The van der Waals surface area contributed by atoms with E-state index in [9.17, 15) is 9.59 Å². The number of benzene rings is 3. The van der Waals surface area contributed by atoms with Crippen LogP contribution < -0.4 is 5.32 Å². The van der Waals surface area contributed by atoms with E-state index in [1.165, 1.54) is 22.3 Å². The van der Waals surface area contributed by atoms with Gasteiger partial charge in [0, 0.05) is 12.3 Å². The largest absolute Gasteiger partial charge is 0.460 e. The van der Waals surface area contributed by atoms with Gasteiger partial charge in [-0.1, -0.05) is 80.6 Å². The molecule has 188 valence electrons. The zero-order valence-electron chi connectivity index (χ0n) is 21.8. The Labute approximate surface area is 213 Å². The Bertz CT molecular complexity index is 1210. The second-order valence-corrected chi connectivity index (χ2v) is 10.6. The van der Waals surface area contributed by atoms with Gasteiger partial charge in [0.15, 0.2) is 0 Å². The molecule has 1 aliphatic rings. The molecule has 3 aromatic rings. The van der Waals surface area contributed by atoms with Crippen molar-refractivity contribution in [3.8, 4) is 11.1 Å². The van der Waals surface area contributed by atoms with Crippen LogP contribution in [0.5, 0.6) is 0 Å². The normalized spacial score (nSPS) is 12.7. The molecular weight excluding hydrogens is 450 g/mol. The van der Waals surface area contributed by atoms with E-state index in [1.807, 2.05) is 63.2 Å². The van der Waals surface area contributed by atoms with Crippen LogP contribution in [-0.2, 0) is 20.7 Å². The lowest BCUT2D eigenvalue weighted by Gasteiger charge is -2.21. The van der Waals surface area contributed by atoms with Crippen LogP contribution in [0.2, 0.25) is 0 Å². The number of amides is 1. The number of esters is 1. The summed E-state index contributed by atoms with van der Waals surface area (Å²) in [4.78, 5) is 25.3. The Balaban J connectivity index is 1.48. The maximum Gasteiger partial charge on any atom is 0.411 e. The van der Waals surface area contributed by atoms with Gasteiger partial charge in [0.2, 0.25) is 0 Å². The number of para-hydroxylation sites is 1. The van der Waals surface area contributed by atoms with E-state index in [4.69, 9.17) is 9.47 Å². The second kappa shape index (κ2) is 10.6. The van der Waals surface area contributed by atoms with Crippen molar-refractivity contribution >= 4 is 17.7 Å². The molecule has 0 saturated heterocycles. The number of fused-ring (bicyclic) bond motifs is 3. The minimum Gasteiger partial charge on any atom is -0.460 e. The average Bonchev–Trinajstić information content (AvgIpc) is 3.14. The van der Waals surface area contributed by atoms with Crippen LogP contribution >= 0.6 is 0 Å². The van der Waals surface area contributed by atoms with Gasteiger partial charge in [-0.2, -0.15) is 0 Å². The number of rotatable bonds is 7. The van der Waals surface area contributed by atoms with Crippen molar-refractivity contribution in [2.45, 2.75) is 64.9 Å². The van der Waals surface area contributed by atoms with E-state index in [0.717, 1.165) is 11.1 Å². The van der Waals surface area contributed by atoms with Crippen molar-refractivity contribution in [3.05, 3.63) is 89.0 Å². The van der Waals surface area contributed by atoms with Gasteiger partial charge in [-0.15, -0.1) is 0 Å². The minimum atomic E-state index is -0.529. The van der Waals surface area contributed by atoms with Crippen molar-refractivity contribution in [1.82, 2.24) is 0 Å². The summed E-state index contributed by atoms with van der Waals surface area (Å²) in [6.45, 7) is 9.97. The van der Waals surface area contributed by atoms with Gasteiger partial charge in [0.05, 0.1) is 5.69 Å². The number of aryl methyl sites for hydroxylation is 1. The zero-order chi connectivity index (χ0) is 25.9. The Hall–Kier alpha value is -3.60. The van der Waals surface area contributed by atoms with Gasteiger partial charge in [0.1, 0.15) is 12.2 Å². The third-order valence-corrected chi connectivity index (χ3v) is 6.39.